The Labute approximate surface area is 121 Å². The van der Waals surface area contributed by atoms with Gasteiger partial charge in [0.2, 0.25) is 5.54 Å². The zero-order chi connectivity index (χ0) is 16.6. The van der Waals surface area contributed by atoms with Gasteiger partial charge in [-0.2, -0.15) is 30.6 Å². The second-order valence-corrected chi connectivity index (χ2v) is 7.47. The number of nitrogens with one attached hydrogen (secondary N) is 1. The molecule has 0 aromatic heterocycles. The van der Waals surface area contributed by atoms with E-state index in [1.807, 2.05) is 0 Å². The molecule has 1 fully saturated rings. The molecule has 0 bridgehead atoms. The number of carboxylic acids is 1. The molecule has 3 atom stereocenters. The topological polar surface area (TPSA) is 86.7 Å². The predicted octanol–water partition coefficient (Wildman–Crippen LogP) is 1.20. The van der Waals surface area contributed by atoms with Gasteiger partial charge in [-0.05, 0) is 25.2 Å². The first-order chi connectivity index (χ1) is 9.29. The number of halogens is 3. The maximum Gasteiger partial charge on any atom is 0.418 e. The quantitative estimate of drug-likeness (QED) is 0.810. The SMILES string of the molecule is CC1CC(C)CN(S(=O)(=O)NC(C)(C(=O)O)C(F)(F)F)C1. The second-order valence-electron chi connectivity index (χ2n) is 5.80. The molecule has 0 spiro atoms. The van der Waals surface area contributed by atoms with Crippen LogP contribution in [0.3, 0.4) is 0 Å². The summed E-state index contributed by atoms with van der Waals surface area (Å²) in [7, 11) is -4.55. The standard InChI is InChI=1S/C11H19F3N2O4S/c1-7-4-8(2)6-16(5-7)21(19,20)15-10(3,9(17)18)11(12,13)14/h7-8,15H,4-6H2,1-3H3,(H,17,18). The van der Waals surface area contributed by atoms with Crippen LogP contribution in [0.25, 0.3) is 0 Å². The molecule has 21 heavy (non-hydrogen) atoms. The van der Waals surface area contributed by atoms with Gasteiger partial charge < -0.3 is 5.11 Å². The lowest BCUT2D eigenvalue weighted by molar-refractivity contribution is -0.201. The van der Waals surface area contributed by atoms with Gasteiger partial charge in [0, 0.05) is 13.1 Å². The molecule has 0 aliphatic carbocycles. The molecule has 10 heteroatoms. The summed E-state index contributed by atoms with van der Waals surface area (Å²) in [6, 6.07) is 0. The lowest BCUT2D eigenvalue weighted by Crippen LogP contribution is -2.64. The Morgan fingerprint density at radius 2 is 1.67 bits per heavy atom. The van der Waals surface area contributed by atoms with Crippen molar-refractivity contribution in [3.8, 4) is 0 Å². The molecule has 0 amide bonds. The van der Waals surface area contributed by atoms with E-state index in [-0.39, 0.29) is 24.9 Å². The van der Waals surface area contributed by atoms with Crippen molar-refractivity contribution < 1.29 is 31.5 Å². The largest absolute Gasteiger partial charge is 0.480 e. The molecule has 1 aliphatic rings. The minimum Gasteiger partial charge on any atom is -0.480 e. The van der Waals surface area contributed by atoms with Crippen LogP contribution in [0.5, 0.6) is 0 Å². The molecule has 1 saturated heterocycles. The Kier molecular flexibility index (Phi) is 4.96. The summed E-state index contributed by atoms with van der Waals surface area (Å²) in [6.45, 7) is 4.00. The number of piperidine rings is 1. The Morgan fingerprint density at radius 3 is 2.00 bits per heavy atom. The zero-order valence-electron chi connectivity index (χ0n) is 11.9. The summed E-state index contributed by atoms with van der Waals surface area (Å²) in [5, 5.41) is 8.77. The normalized spacial score (nSPS) is 28.1. The fourth-order valence-corrected chi connectivity index (χ4v) is 4.10. The van der Waals surface area contributed by atoms with Gasteiger partial charge in [-0.3, -0.25) is 0 Å². The molecular weight excluding hydrogens is 313 g/mol. The fourth-order valence-electron chi connectivity index (χ4n) is 2.35. The van der Waals surface area contributed by atoms with Crippen molar-refractivity contribution in [3.63, 3.8) is 0 Å². The monoisotopic (exact) mass is 332 g/mol. The van der Waals surface area contributed by atoms with Gasteiger partial charge in [0.15, 0.2) is 0 Å². The zero-order valence-corrected chi connectivity index (χ0v) is 12.8. The average Bonchev–Trinajstić information content (AvgIpc) is 2.25. The average molecular weight is 332 g/mol. The highest BCUT2D eigenvalue weighted by molar-refractivity contribution is 7.87. The van der Waals surface area contributed by atoms with Crippen LogP contribution >= 0.6 is 0 Å². The van der Waals surface area contributed by atoms with Gasteiger partial charge in [0.25, 0.3) is 10.2 Å². The smallest absolute Gasteiger partial charge is 0.418 e. The van der Waals surface area contributed by atoms with Crippen molar-refractivity contribution in [2.24, 2.45) is 11.8 Å². The van der Waals surface area contributed by atoms with E-state index in [9.17, 15) is 26.4 Å². The third kappa shape index (κ3) is 3.86. The van der Waals surface area contributed by atoms with Crippen molar-refractivity contribution in [2.45, 2.75) is 38.9 Å². The first-order valence-electron chi connectivity index (χ1n) is 6.38. The summed E-state index contributed by atoms with van der Waals surface area (Å²) >= 11 is 0. The molecule has 1 rings (SSSR count). The van der Waals surface area contributed by atoms with Crippen molar-refractivity contribution in [1.82, 2.24) is 9.03 Å². The van der Waals surface area contributed by atoms with Crippen LogP contribution in [0.1, 0.15) is 27.2 Å². The molecular formula is C11H19F3N2O4S. The highest BCUT2D eigenvalue weighted by Crippen LogP contribution is 2.32. The Hall–Kier alpha value is -0.870. The third-order valence-corrected chi connectivity index (χ3v) is 5.15. The molecule has 1 heterocycles. The van der Waals surface area contributed by atoms with Crippen molar-refractivity contribution in [3.05, 3.63) is 0 Å². The number of aliphatic carboxylic acids is 1. The number of hydrogen-bond acceptors (Lipinski definition) is 3. The molecule has 0 aromatic rings. The molecule has 3 unspecified atom stereocenters. The van der Waals surface area contributed by atoms with Gasteiger partial charge in [-0.1, -0.05) is 13.8 Å². The predicted molar refractivity (Wildman–Crippen MR) is 68.7 cm³/mol. The Bertz CT molecular complexity index is 498. The first kappa shape index (κ1) is 18.2. The number of carbonyl (C=O) groups is 1. The number of rotatable bonds is 4. The van der Waals surface area contributed by atoms with Crippen molar-refractivity contribution >= 4 is 16.2 Å². The van der Waals surface area contributed by atoms with E-state index in [4.69, 9.17) is 5.11 Å². The highest BCUT2D eigenvalue weighted by atomic mass is 32.2. The first-order valence-corrected chi connectivity index (χ1v) is 7.82. The summed E-state index contributed by atoms with van der Waals surface area (Å²) < 4.78 is 65.0. The number of carboxylic acid groups (broad SMARTS) is 1. The molecule has 124 valence electrons. The van der Waals surface area contributed by atoms with E-state index in [0.717, 1.165) is 10.7 Å². The van der Waals surface area contributed by atoms with Crippen LogP contribution in [-0.2, 0) is 15.0 Å². The van der Waals surface area contributed by atoms with Crippen molar-refractivity contribution in [2.75, 3.05) is 13.1 Å². The van der Waals surface area contributed by atoms with Gasteiger partial charge in [-0.15, -0.1) is 0 Å². The van der Waals surface area contributed by atoms with Crippen molar-refractivity contribution in [1.29, 1.82) is 0 Å². The van der Waals surface area contributed by atoms with Crippen LogP contribution < -0.4 is 4.72 Å². The fraction of sp³-hybridized carbons (Fsp3) is 0.909. The van der Waals surface area contributed by atoms with E-state index in [1.54, 1.807) is 13.8 Å². The Balaban J connectivity index is 3.05. The summed E-state index contributed by atoms with van der Waals surface area (Å²) in [5.74, 6) is -2.31. The minimum atomic E-state index is -5.25. The molecule has 0 saturated carbocycles. The molecule has 1 aliphatic heterocycles. The van der Waals surface area contributed by atoms with E-state index in [2.05, 4.69) is 0 Å². The number of alkyl halides is 3. The van der Waals surface area contributed by atoms with Gasteiger partial charge >= 0.3 is 12.1 Å². The second kappa shape index (κ2) is 5.73. The van der Waals surface area contributed by atoms with E-state index in [0.29, 0.717) is 6.92 Å². The lowest BCUT2D eigenvalue weighted by Gasteiger charge is -2.36. The van der Waals surface area contributed by atoms with Crippen LogP contribution in [0.2, 0.25) is 0 Å². The molecule has 0 aromatic carbocycles. The highest BCUT2D eigenvalue weighted by Gasteiger charge is 2.60. The summed E-state index contributed by atoms with van der Waals surface area (Å²) in [6.07, 6.45) is -4.49. The van der Waals surface area contributed by atoms with Crippen LogP contribution in [-0.4, -0.2) is 48.6 Å². The van der Waals surface area contributed by atoms with E-state index in [1.165, 1.54) is 4.72 Å². The number of hydrogen-bond donors (Lipinski definition) is 2. The van der Waals surface area contributed by atoms with Crippen LogP contribution in [0.15, 0.2) is 0 Å². The molecule has 2 N–H and O–H groups in total. The van der Waals surface area contributed by atoms with Gasteiger partial charge in [-0.25, -0.2) is 4.79 Å². The third-order valence-electron chi connectivity index (χ3n) is 3.50. The van der Waals surface area contributed by atoms with Crippen LogP contribution in [0.4, 0.5) is 13.2 Å². The minimum absolute atomic E-state index is 0.00713. The maximum atomic E-state index is 12.9. The van der Waals surface area contributed by atoms with Crippen LogP contribution in [0, 0.1) is 11.8 Å². The maximum absolute atomic E-state index is 12.9. The van der Waals surface area contributed by atoms with Gasteiger partial charge in [0.05, 0.1) is 0 Å². The molecule has 6 nitrogen and oxygen atoms in total. The van der Waals surface area contributed by atoms with Gasteiger partial charge in [0.1, 0.15) is 0 Å². The molecule has 0 radical (unpaired) electrons. The Morgan fingerprint density at radius 1 is 1.24 bits per heavy atom. The summed E-state index contributed by atoms with van der Waals surface area (Å²) in [4.78, 5) is 10.9. The number of nitrogens with zero attached hydrogens (tertiary/aromatic N) is 1. The summed E-state index contributed by atoms with van der Waals surface area (Å²) in [5.41, 5.74) is -3.56. The van der Waals surface area contributed by atoms with E-state index < -0.39 is 27.9 Å². The van der Waals surface area contributed by atoms with E-state index >= 15 is 0 Å². The lowest BCUT2D eigenvalue weighted by atomic mass is 9.94.